The maximum absolute atomic E-state index is 3.58. The minimum absolute atomic E-state index is 0.387. The molecule has 1 saturated heterocycles. The molecule has 1 unspecified atom stereocenters. The Balaban J connectivity index is 2.14. The quantitative estimate of drug-likeness (QED) is 0.862. The Bertz CT molecular complexity index is 371. The van der Waals surface area contributed by atoms with Crippen molar-refractivity contribution in [3.05, 3.63) is 34.3 Å². The largest absolute Gasteiger partial charge is 0.315 e. The van der Waals surface area contributed by atoms with Gasteiger partial charge in [-0.15, -0.1) is 0 Å². The van der Waals surface area contributed by atoms with Crippen LogP contribution in [0.25, 0.3) is 0 Å². The van der Waals surface area contributed by atoms with E-state index in [0.717, 1.165) is 19.0 Å². The molecule has 1 nitrogen and oxygen atoms in total. The fraction of sp³-hybridized carbons (Fsp3) is 0.600. The van der Waals surface area contributed by atoms with Crippen molar-refractivity contribution in [1.29, 1.82) is 0 Å². The first-order valence-corrected chi connectivity index (χ1v) is 7.42. The molecule has 1 aliphatic heterocycles. The van der Waals surface area contributed by atoms with Gasteiger partial charge in [-0.2, -0.15) is 0 Å². The van der Waals surface area contributed by atoms with E-state index in [1.807, 2.05) is 0 Å². The summed E-state index contributed by atoms with van der Waals surface area (Å²) in [4.78, 5) is 0. The molecular weight excluding hydrogens is 274 g/mol. The molecule has 1 aromatic carbocycles. The summed E-state index contributed by atoms with van der Waals surface area (Å²) >= 11 is 3.58. The van der Waals surface area contributed by atoms with Gasteiger partial charge in [0.15, 0.2) is 0 Å². The van der Waals surface area contributed by atoms with Crippen LogP contribution in [-0.4, -0.2) is 13.1 Å². The first-order valence-electron chi connectivity index (χ1n) is 6.63. The average Bonchev–Trinajstić information content (AvgIpc) is 2.24. The van der Waals surface area contributed by atoms with Crippen molar-refractivity contribution < 1.29 is 0 Å². The average molecular weight is 296 g/mol. The molecule has 0 bridgehead atoms. The van der Waals surface area contributed by atoms with Gasteiger partial charge in [-0.1, -0.05) is 54.8 Å². The molecule has 1 aliphatic rings. The maximum atomic E-state index is 3.58. The third kappa shape index (κ3) is 2.92. The highest BCUT2D eigenvalue weighted by Gasteiger charge is 2.39. The first-order chi connectivity index (χ1) is 8.16. The normalized spacial score (nSPS) is 19.7. The zero-order valence-electron chi connectivity index (χ0n) is 10.8. The van der Waals surface area contributed by atoms with E-state index in [-0.39, 0.29) is 0 Å². The van der Waals surface area contributed by atoms with Gasteiger partial charge in [0.25, 0.3) is 0 Å². The molecule has 0 aromatic heterocycles. The van der Waals surface area contributed by atoms with Gasteiger partial charge in [0, 0.05) is 23.0 Å². The van der Waals surface area contributed by atoms with Gasteiger partial charge >= 0.3 is 0 Å². The number of halogens is 1. The number of nitrogens with one attached hydrogen (secondary N) is 1. The number of benzene rings is 1. The van der Waals surface area contributed by atoms with E-state index in [2.05, 4.69) is 59.4 Å². The standard InChI is InChI=1S/C15H22BrN/c1-3-5-12(2)9-15(10-17-11-15)13-6-4-7-14(16)8-13/h4,6-8,12,17H,3,5,9-11H2,1-2H3. The topological polar surface area (TPSA) is 12.0 Å². The summed E-state index contributed by atoms with van der Waals surface area (Å²) in [6, 6.07) is 8.84. The fourth-order valence-corrected chi connectivity index (χ4v) is 3.37. The number of hydrogen-bond donors (Lipinski definition) is 1. The van der Waals surface area contributed by atoms with Crippen LogP contribution in [0.1, 0.15) is 38.7 Å². The first kappa shape index (κ1) is 13.1. The zero-order chi connectivity index (χ0) is 12.3. The van der Waals surface area contributed by atoms with Gasteiger partial charge in [0.2, 0.25) is 0 Å². The van der Waals surface area contributed by atoms with Crippen molar-refractivity contribution in [2.45, 2.75) is 38.5 Å². The van der Waals surface area contributed by atoms with Gasteiger partial charge in [-0.3, -0.25) is 0 Å². The molecule has 1 N–H and O–H groups in total. The lowest BCUT2D eigenvalue weighted by atomic mass is 9.69. The lowest BCUT2D eigenvalue weighted by molar-refractivity contribution is 0.218. The molecule has 94 valence electrons. The second kappa shape index (κ2) is 5.53. The fourth-order valence-electron chi connectivity index (χ4n) is 2.97. The van der Waals surface area contributed by atoms with E-state index < -0.39 is 0 Å². The van der Waals surface area contributed by atoms with Gasteiger partial charge in [0.05, 0.1) is 0 Å². The van der Waals surface area contributed by atoms with E-state index >= 15 is 0 Å². The van der Waals surface area contributed by atoms with Crippen molar-refractivity contribution in [3.63, 3.8) is 0 Å². The van der Waals surface area contributed by atoms with Crippen LogP contribution >= 0.6 is 15.9 Å². The second-order valence-corrected chi connectivity index (χ2v) is 6.41. The molecule has 17 heavy (non-hydrogen) atoms. The van der Waals surface area contributed by atoms with Gasteiger partial charge in [-0.05, 0) is 30.0 Å². The molecule has 1 heterocycles. The van der Waals surface area contributed by atoms with Crippen molar-refractivity contribution in [2.75, 3.05) is 13.1 Å². The number of rotatable bonds is 5. The highest BCUT2D eigenvalue weighted by molar-refractivity contribution is 9.10. The summed E-state index contributed by atoms with van der Waals surface area (Å²) in [6.07, 6.45) is 3.95. The minimum Gasteiger partial charge on any atom is -0.315 e. The van der Waals surface area contributed by atoms with Gasteiger partial charge in [0.1, 0.15) is 0 Å². The SMILES string of the molecule is CCCC(C)CC1(c2cccc(Br)c2)CNC1. The second-order valence-electron chi connectivity index (χ2n) is 5.49. The molecular formula is C15H22BrN. The van der Waals surface area contributed by atoms with Crippen LogP contribution in [0.2, 0.25) is 0 Å². The molecule has 1 atom stereocenters. The summed E-state index contributed by atoms with van der Waals surface area (Å²) < 4.78 is 1.20. The van der Waals surface area contributed by atoms with Crippen LogP contribution in [0.3, 0.4) is 0 Å². The van der Waals surface area contributed by atoms with E-state index in [1.54, 1.807) is 0 Å². The van der Waals surface area contributed by atoms with Crippen LogP contribution in [-0.2, 0) is 5.41 Å². The molecule has 2 heteroatoms. The molecule has 0 amide bonds. The smallest absolute Gasteiger partial charge is 0.0205 e. The van der Waals surface area contributed by atoms with Gasteiger partial charge < -0.3 is 5.32 Å². The van der Waals surface area contributed by atoms with Crippen LogP contribution in [0.4, 0.5) is 0 Å². The summed E-state index contributed by atoms with van der Waals surface area (Å²) in [5, 5.41) is 3.45. The third-order valence-electron chi connectivity index (χ3n) is 3.88. The van der Waals surface area contributed by atoms with E-state index in [9.17, 15) is 0 Å². The highest BCUT2D eigenvalue weighted by atomic mass is 79.9. The van der Waals surface area contributed by atoms with E-state index in [4.69, 9.17) is 0 Å². The Hall–Kier alpha value is -0.340. The molecule has 2 rings (SSSR count). The predicted molar refractivity (Wildman–Crippen MR) is 77.4 cm³/mol. The molecule has 0 radical (unpaired) electrons. The Labute approximate surface area is 113 Å². The van der Waals surface area contributed by atoms with Crippen molar-refractivity contribution in [3.8, 4) is 0 Å². The summed E-state index contributed by atoms with van der Waals surface area (Å²) in [5.41, 5.74) is 1.88. The van der Waals surface area contributed by atoms with Crippen LogP contribution in [0.5, 0.6) is 0 Å². The Kier molecular flexibility index (Phi) is 4.26. The predicted octanol–water partition coefficient (Wildman–Crippen LogP) is 4.12. The summed E-state index contributed by atoms with van der Waals surface area (Å²) in [6.45, 7) is 6.94. The lowest BCUT2D eigenvalue weighted by Crippen LogP contribution is -2.57. The molecule has 0 spiro atoms. The highest BCUT2D eigenvalue weighted by Crippen LogP contribution is 2.37. The number of hydrogen-bond acceptors (Lipinski definition) is 1. The molecule has 1 aromatic rings. The maximum Gasteiger partial charge on any atom is 0.0205 e. The minimum atomic E-state index is 0.387. The zero-order valence-corrected chi connectivity index (χ0v) is 12.4. The Morgan fingerprint density at radius 2 is 2.18 bits per heavy atom. The third-order valence-corrected chi connectivity index (χ3v) is 4.38. The van der Waals surface area contributed by atoms with Gasteiger partial charge in [-0.25, -0.2) is 0 Å². The Morgan fingerprint density at radius 3 is 2.71 bits per heavy atom. The monoisotopic (exact) mass is 295 g/mol. The van der Waals surface area contributed by atoms with Crippen molar-refractivity contribution >= 4 is 15.9 Å². The lowest BCUT2D eigenvalue weighted by Gasteiger charge is -2.45. The molecule has 0 saturated carbocycles. The van der Waals surface area contributed by atoms with Crippen LogP contribution in [0, 0.1) is 5.92 Å². The molecule has 0 aliphatic carbocycles. The van der Waals surface area contributed by atoms with Crippen molar-refractivity contribution in [1.82, 2.24) is 5.32 Å². The van der Waals surface area contributed by atoms with E-state index in [0.29, 0.717) is 5.41 Å². The van der Waals surface area contributed by atoms with Crippen LogP contribution < -0.4 is 5.32 Å². The Morgan fingerprint density at radius 1 is 1.41 bits per heavy atom. The van der Waals surface area contributed by atoms with Crippen molar-refractivity contribution in [2.24, 2.45) is 5.92 Å². The van der Waals surface area contributed by atoms with Crippen LogP contribution in [0.15, 0.2) is 28.7 Å². The summed E-state index contributed by atoms with van der Waals surface area (Å²) in [5.74, 6) is 0.820. The van der Waals surface area contributed by atoms with E-state index in [1.165, 1.54) is 29.3 Å². The molecule has 1 fully saturated rings. The summed E-state index contributed by atoms with van der Waals surface area (Å²) in [7, 11) is 0.